The maximum atomic E-state index is 13.3. The van der Waals surface area contributed by atoms with Crippen molar-refractivity contribution in [2.45, 2.75) is 17.5 Å². The molecule has 1 aliphatic heterocycles. The molecule has 3 atom stereocenters. The molecule has 130 valence electrons. The smallest absolute Gasteiger partial charge is 0.378 e. The van der Waals surface area contributed by atoms with E-state index in [-0.39, 0.29) is 24.1 Å². The molecule has 0 amide bonds. The van der Waals surface area contributed by atoms with Crippen LogP contribution in [0.3, 0.4) is 0 Å². The number of furan rings is 1. The van der Waals surface area contributed by atoms with Crippen LogP contribution >= 0.6 is 11.3 Å². The Morgan fingerprint density at radius 2 is 2.42 bits per heavy atom. The number of esters is 1. The minimum atomic E-state index is -1.28. The molecule has 0 saturated carbocycles. The lowest BCUT2D eigenvalue weighted by atomic mass is 10.4. The zero-order valence-corrected chi connectivity index (χ0v) is 14.7. The summed E-state index contributed by atoms with van der Waals surface area (Å²) in [7, 11) is 0.465. The number of likely N-dealkylation sites (N-methyl/N-ethyl adjacent to an activating group) is 1. The monoisotopic (exact) mass is 372 g/mol. The molecule has 0 radical (unpaired) electrons. The number of hydrogen-bond donors (Lipinski definition) is 0. The predicted molar refractivity (Wildman–Crippen MR) is 87.4 cm³/mol. The fraction of sp³-hybridized carbons (Fsp3) is 0.462. The van der Waals surface area contributed by atoms with Crippen molar-refractivity contribution in [3.8, 4) is 0 Å². The largest absolute Gasteiger partial charge is 0.622 e. The summed E-state index contributed by atoms with van der Waals surface area (Å²) in [5.41, 5.74) is 0. The lowest BCUT2D eigenvalue weighted by Gasteiger charge is -2.37. The number of rotatable bonds is 5. The molecule has 1 fully saturated rings. The van der Waals surface area contributed by atoms with Gasteiger partial charge >= 0.3 is 11.1 Å². The van der Waals surface area contributed by atoms with Gasteiger partial charge in [-0.05, 0) is 30.5 Å². The molecule has 24 heavy (non-hydrogen) atoms. The van der Waals surface area contributed by atoms with Crippen LogP contribution in [0.1, 0.15) is 17.5 Å². The summed E-state index contributed by atoms with van der Waals surface area (Å²) >= 11 is 0.988. The van der Waals surface area contributed by atoms with Gasteiger partial charge in [-0.1, -0.05) is 12.0 Å². The fourth-order valence-electron chi connectivity index (χ4n) is 2.36. The topological polar surface area (TPSA) is 109 Å². The minimum absolute atomic E-state index is 0.0288. The molecule has 11 heteroatoms. The van der Waals surface area contributed by atoms with Crippen molar-refractivity contribution in [3.05, 3.63) is 29.4 Å². The van der Waals surface area contributed by atoms with Crippen molar-refractivity contribution in [1.29, 1.82) is 0 Å². The average molecular weight is 372 g/mol. The summed E-state index contributed by atoms with van der Waals surface area (Å²) < 4.78 is 21.5. The Morgan fingerprint density at radius 1 is 1.62 bits per heavy atom. The van der Waals surface area contributed by atoms with Crippen LogP contribution in [0.4, 0.5) is 5.13 Å². The van der Waals surface area contributed by atoms with Crippen LogP contribution in [0.15, 0.2) is 27.2 Å². The molecular formula is C13H16N4O5S2. The highest BCUT2D eigenvalue weighted by Gasteiger charge is 2.45. The first-order chi connectivity index (χ1) is 11.4. The highest BCUT2D eigenvalue weighted by Crippen LogP contribution is 2.34. The first-order valence-electron chi connectivity index (χ1n) is 7.18. The van der Waals surface area contributed by atoms with Gasteiger partial charge in [0.25, 0.3) is 6.23 Å². The quantitative estimate of drug-likeness (QED) is 0.437. The van der Waals surface area contributed by atoms with Crippen LogP contribution in [0, 0.1) is 5.21 Å². The Balaban J connectivity index is 1.84. The predicted octanol–water partition coefficient (Wildman–Crippen LogP) is 1.15. The number of carbonyl (C=O) groups excluding carboxylic acids is 1. The fourth-order valence-corrected chi connectivity index (χ4v) is 4.34. The maximum Gasteiger partial charge on any atom is 0.378 e. The summed E-state index contributed by atoms with van der Waals surface area (Å²) in [5, 5.41) is 21.1. The summed E-state index contributed by atoms with van der Waals surface area (Å²) in [6, 6.07) is 3.03. The standard InChI is InChI=1S/C13H16N4O5S2/c1-3-24(20)13-15-14-12(23-13)17(19)8-16(2)7-10(17)22-11(18)9-5-4-6-21-9/h4-6,10H,3,7-8H2,1-2H3. The van der Waals surface area contributed by atoms with E-state index in [1.807, 2.05) is 0 Å². The van der Waals surface area contributed by atoms with Crippen LogP contribution in [0.25, 0.3) is 0 Å². The Kier molecular flexibility index (Phi) is 4.78. The molecule has 0 N–H and O–H groups in total. The highest BCUT2D eigenvalue weighted by molar-refractivity contribution is 7.87. The van der Waals surface area contributed by atoms with E-state index in [2.05, 4.69) is 10.2 Å². The molecular weight excluding hydrogens is 356 g/mol. The molecule has 0 bridgehead atoms. The van der Waals surface area contributed by atoms with Crippen LogP contribution in [-0.4, -0.2) is 57.5 Å². The van der Waals surface area contributed by atoms with Gasteiger partial charge in [-0.25, -0.2) is 9.69 Å². The normalized spacial score (nSPS) is 25.7. The molecule has 3 rings (SSSR count). The van der Waals surface area contributed by atoms with Gasteiger partial charge in [-0.2, -0.15) is 0 Å². The number of nitrogens with zero attached hydrogens (tertiary/aromatic N) is 4. The first-order valence-corrected chi connectivity index (χ1v) is 9.32. The minimum Gasteiger partial charge on any atom is -0.622 e. The summed E-state index contributed by atoms with van der Waals surface area (Å²) in [4.78, 5) is 13.8. The molecule has 1 aliphatic rings. The van der Waals surface area contributed by atoms with E-state index in [9.17, 15) is 14.2 Å². The summed E-state index contributed by atoms with van der Waals surface area (Å²) in [5.74, 6) is -0.286. The van der Waals surface area contributed by atoms with E-state index in [4.69, 9.17) is 9.15 Å². The average Bonchev–Trinajstić information content (AvgIpc) is 3.27. The van der Waals surface area contributed by atoms with Crippen molar-refractivity contribution < 1.29 is 18.2 Å². The highest BCUT2D eigenvalue weighted by atomic mass is 32.2. The van der Waals surface area contributed by atoms with Gasteiger partial charge < -0.3 is 14.4 Å². The van der Waals surface area contributed by atoms with Crippen molar-refractivity contribution in [3.63, 3.8) is 0 Å². The van der Waals surface area contributed by atoms with Crippen molar-refractivity contribution in [2.75, 3.05) is 26.0 Å². The van der Waals surface area contributed by atoms with Crippen LogP contribution in [-0.2, 0) is 15.5 Å². The van der Waals surface area contributed by atoms with Crippen LogP contribution in [0.2, 0.25) is 0 Å². The van der Waals surface area contributed by atoms with Gasteiger partial charge in [-0.3, -0.25) is 8.86 Å². The maximum absolute atomic E-state index is 13.3. The Morgan fingerprint density at radius 3 is 3.08 bits per heavy atom. The number of hydroxylamine groups is 2. The van der Waals surface area contributed by atoms with Gasteiger partial charge in [-0.15, -0.1) is 5.10 Å². The molecule has 0 aromatic carbocycles. The lowest BCUT2D eigenvalue weighted by molar-refractivity contribution is 0.00247. The van der Waals surface area contributed by atoms with E-state index in [1.54, 1.807) is 24.9 Å². The van der Waals surface area contributed by atoms with E-state index in [0.717, 1.165) is 11.3 Å². The molecule has 3 unspecified atom stereocenters. The van der Waals surface area contributed by atoms with Gasteiger partial charge in [0.05, 0.1) is 23.6 Å². The van der Waals surface area contributed by atoms with E-state index in [1.165, 1.54) is 12.3 Å². The molecule has 2 aromatic heterocycles. The van der Waals surface area contributed by atoms with Crippen molar-refractivity contribution >= 4 is 33.2 Å². The van der Waals surface area contributed by atoms with Gasteiger partial charge in [0.1, 0.15) is 6.67 Å². The lowest BCUT2D eigenvalue weighted by Crippen LogP contribution is -2.50. The van der Waals surface area contributed by atoms with E-state index >= 15 is 0 Å². The van der Waals surface area contributed by atoms with E-state index < -0.39 is 27.6 Å². The third-order valence-electron chi connectivity index (χ3n) is 3.53. The van der Waals surface area contributed by atoms with Gasteiger partial charge in [0.2, 0.25) is 10.1 Å². The van der Waals surface area contributed by atoms with E-state index in [0.29, 0.717) is 10.1 Å². The molecule has 3 heterocycles. The Hall–Kier alpha value is -1.66. The SMILES string of the molecule is CCS(=O)c1nnc([N+]2([O-])CN(C)CC2OC(=O)c2ccco2)s1. The summed E-state index contributed by atoms with van der Waals surface area (Å²) in [6.45, 7) is 2.07. The number of aromatic nitrogens is 2. The second kappa shape index (κ2) is 6.69. The second-order valence-corrected chi connectivity index (χ2v) is 8.17. The number of carbonyl (C=O) groups is 1. The van der Waals surface area contributed by atoms with Crippen molar-refractivity contribution in [2.24, 2.45) is 0 Å². The molecule has 1 saturated heterocycles. The number of ether oxygens (including phenoxy) is 1. The van der Waals surface area contributed by atoms with Crippen LogP contribution in [0.5, 0.6) is 0 Å². The number of hydrogen-bond acceptors (Lipinski definition) is 9. The summed E-state index contributed by atoms with van der Waals surface area (Å²) in [6.07, 6.45) is 0.358. The Bertz CT molecular complexity index is 749. The third kappa shape index (κ3) is 3.13. The Labute approximate surface area is 144 Å². The molecule has 9 nitrogen and oxygen atoms in total. The first kappa shape index (κ1) is 17.2. The van der Waals surface area contributed by atoms with Crippen molar-refractivity contribution in [1.82, 2.24) is 19.7 Å². The third-order valence-corrected chi connectivity index (χ3v) is 6.16. The zero-order chi connectivity index (χ0) is 17.3. The second-order valence-electron chi connectivity index (χ2n) is 5.30. The zero-order valence-electron chi connectivity index (χ0n) is 13.1. The molecule has 0 spiro atoms. The van der Waals surface area contributed by atoms with Gasteiger partial charge in [0, 0.05) is 5.75 Å². The molecule has 2 aromatic rings. The number of quaternary nitrogens is 1. The molecule has 0 aliphatic carbocycles. The van der Waals surface area contributed by atoms with Crippen LogP contribution < -0.4 is 4.65 Å². The van der Waals surface area contributed by atoms with Gasteiger partial charge in [0.15, 0.2) is 0 Å².